The van der Waals surface area contributed by atoms with Crippen molar-refractivity contribution in [3.8, 4) is 11.1 Å². The van der Waals surface area contributed by atoms with Crippen LogP contribution in [0.4, 0.5) is 8.78 Å². The predicted molar refractivity (Wildman–Crippen MR) is 156 cm³/mol. The van der Waals surface area contributed by atoms with Crippen LogP contribution in [0.25, 0.3) is 11.1 Å². The van der Waals surface area contributed by atoms with E-state index in [4.69, 9.17) is 0 Å². The van der Waals surface area contributed by atoms with Crippen LogP contribution >= 0.6 is 0 Å². The van der Waals surface area contributed by atoms with E-state index >= 15 is 0 Å². The molecule has 0 N–H and O–H groups in total. The summed E-state index contributed by atoms with van der Waals surface area (Å²) in [6.07, 6.45) is 21.5. The monoisotopic (exact) mass is 500 g/mol. The Morgan fingerprint density at radius 2 is 1.38 bits per heavy atom. The molecule has 0 saturated carbocycles. The van der Waals surface area contributed by atoms with E-state index in [1.165, 1.54) is 48.1 Å². The predicted octanol–water partition coefficient (Wildman–Crippen LogP) is 10.8. The normalized spacial score (nSPS) is 12.5. The minimum Gasteiger partial charge on any atom is -0.207 e. The Hall–Kier alpha value is -3.00. The molecule has 0 spiro atoms. The van der Waals surface area contributed by atoms with E-state index in [0.29, 0.717) is 12.0 Å². The number of benzene rings is 2. The van der Waals surface area contributed by atoms with E-state index in [-0.39, 0.29) is 5.56 Å². The van der Waals surface area contributed by atoms with Gasteiger partial charge in [-0.2, -0.15) is 0 Å². The van der Waals surface area contributed by atoms with Crippen LogP contribution in [-0.4, -0.2) is 0 Å². The van der Waals surface area contributed by atoms with Gasteiger partial charge in [-0.1, -0.05) is 85.0 Å². The fraction of sp³-hybridized carbons (Fsp3) is 0.371. The van der Waals surface area contributed by atoms with Crippen molar-refractivity contribution in [2.75, 3.05) is 0 Å². The Labute approximate surface area is 223 Å². The number of hydrogen-bond acceptors (Lipinski definition) is 0. The molecule has 1 aliphatic rings. The van der Waals surface area contributed by atoms with Gasteiger partial charge in [0, 0.05) is 5.56 Å². The Bertz CT molecular complexity index is 1090. The van der Waals surface area contributed by atoms with Gasteiger partial charge in [0.15, 0.2) is 0 Å². The molecule has 0 nitrogen and oxygen atoms in total. The number of allylic oxidation sites excluding steroid dienone is 7. The second-order valence-electron chi connectivity index (χ2n) is 10.3. The number of hydrogen-bond donors (Lipinski definition) is 0. The van der Waals surface area contributed by atoms with Crippen molar-refractivity contribution in [1.82, 2.24) is 0 Å². The van der Waals surface area contributed by atoms with Crippen molar-refractivity contribution in [2.45, 2.75) is 83.5 Å². The van der Waals surface area contributed by atoms with Gasteiger partial charge in [-0.3, -0.25) is 0 Å². The first kappa shape index (κ1) is 28.6. The average molecular weight is 501 g/mol. The highest BCUT2D eigenvalue weighted by atomic mass is 19.1. The number of unbranched alkanes of at least 4 members (excludes halogenated alkanes) is 3. The second-order valence-corrected chi connectivity index (χ2v) is 10.3. The fourth-order valence-corrected chi connectivity index (χ4v) is 4.85. The molecule has 0 bridgehead atoms. The molecule has 2 heteroatoms. The van der Waals surface area contributed by atoms with Gasteiger partial charge in [0.1, 0.15) is 11.6 Å². The fourth-order valence-electron chi connectivity index (χ4n) is 4.85. The van der Waals surface area contributed by atoms with Gasteiger partial charge in [-0.25, -0.2) is 8.78 Å². The third-order valence-corrected chi connectivity index (χ3v) is 7.23. The summed E-state index contributed by atoms with van der Waals surface area (Å²) in [4.78, 5) is 0. The lowest BCUT2D eigenvalue weighted by Gasteiger charge is -2.10. The largest absolute Gasteiger partial charge is 0.207 e. The molecule has 0 atom stereocenters. The Kier molecular flexibility index (Phi) is 11.8. The molecule has 0 amide bonds. The van der Waals surface area contributed by atoms with E-state index in [1.807, 2.05) is 12.1 Å². The van der Waals surface area contributed by atoms with Crippen LogP contribution in [0.15, 0.2) is 97.2 Å². The van der Waals surface area contributed by atoms with Crippen LogP contribution in [0, 0.1) is 11.6 Å². The summed E-state index contributed by atoms with van der Waals surface area (Å²) in [5.41, 5.74) is 6.67. The molecule has 37 heavy (non-hydrogen) atoms. The first-order valence-electron chi connectivity index (χ1n) is 13.9. The van der Waals surface area contributed by atoms with E-state index < -0.39 is 11.6 Å². The summed E-state index contributed by atoms with van der Waals surface area (Å²) in [7, 11) is 0. The van der Waals surface area contributed by atoms with Crippen LogP contribution in [0.5, 0.6) is 0 Å². The van der Waals surface area contributed by atoms with Gasteiger partial charge in [0.2, 0.25) is 0 Å². The standard InChI is InChI=1S/C35H42F2/c1-4-27(2)13-7-12-20-33-34(36)25-32(26-35(33)37)31-23-21-30(22-24-31)19-9-6-15-28(3)14-5-8-16-29-17-10-11-18-29/h4,10,17-18,21-26H,1-3,5-9,11-16,19-20H2. The van der Waals surface area contributed by atoms with Gasteiger partial charge in [-0.15, -0.1) is 0 Å². The minimum absolute atomic E-state index is 0.175. The summed E-state index contributed by atoms with van der Waals surface area (Å²) in [5, 5.41) is 0. The molecule has 0 fully saturated rings. The van der Waals surface area contributed by atoms with Gasteiger partial charge >= 0.3 is 0 Å². The second kappa shape index (κ2) is 15.3. The maximum Gasteiger partial charge on any atom is 0.129 e. The molecule has 196 valence electrons. The molecule has 0 heterocycles. The number of halogens is 2. The summed E-state index contributed by atoms with van der Waals surface area (Å²) in [6.45, 7) is 11.8. The SMILES string of the molecule is C=CC(=C)CCCCc1c(F)cc(-c2ccc(CCCCC(=C)CCCCC3=CCC=C3)cc2)cc1F. The van der Waals surface area contributed by atoms with Crippen LogP contribution in [-0.2, 0) is 12.8 Å². The molecular formula is C35H42F2. The van der Waals surface area contributed by atoms with Crippen molar-refractivity contribution >= 4 is 0 Å². The summed E-state index contributed by atoms with van der Waals surface area (Å²) in [5.74, 6) is -0.927. The smallest absolute Gasteiger partial charge is 0.129 e. The van der Waals surface area contributed by atoms with Crippen LogP contribution in [0.3, 0.4) is 0 Å². The van der Waals surface area contributed by atoms with Crippen molar-refractivity contribution in [2.24, 2.45) is 0 Å². The molecule has 0 unspecified atom stereocenters. The lowest BCUT2D eigenvalue weighted by Crippen LogP contribution is -1.98. The first-order chi connectivity index (χ1) is 18.0. The molecule has 3 rings (SSSR count). The van der Waals surface area contributed by atoms with E-state index in [0.717, 1.165) is 68.9 Å². The van der Waals surface area contributed by atoms with Gasteiger partial charge in [-0.05, 0) is 112 Å². The zero-order valence-corrected chi connectivity index (χ0v) is 22.3. The zero-order chi connectivity index (χ0) is 26.5. The topological polar surface area (TPSA) is 0 Å². The number of rotatable bonds is 17. The minimum atomic E-state index is -0.464. The van der Waals surface area contributed by atoms with Crippen LogP contribution in [0.1, 0.15) is 81.8 Å². The molecular weight excluding hydrogens is 458 g/mol. The maximum atomic E-state index is 14.7. The highest BCUT2D eigenvalue weighted by Gasteiger charge is 2.12. The Morgan fingerprint density at radius 3 is 2.00 bits per heavy atom. The zero-order valence-electron chi connectivity index (χ0n) is 22.3. The lowest BCUT2D eigenvalue weighted by atomic mass is 9.97. The van der Waals surface area contributed by atoms with Crippen molar-refractivity contribution in [3.63, 3.8) is 0 Å². The van der Waals surface area contributed by atoms with E-state index in [2.05, 4.69) is 50.1 Å². The molecule has 2 aromatic carbocycles. The van der Waals surface area contributed by atoms with Gasteiger partial charge < -0.3 is 0 Å². The van der Waals surface area contributed by atoms with Gasteiger partial charge in [0.25, 0.3) is 0 Å². The summed E-state index contributed by atoms with van der Waals surface area (Å²) >= 11 is 0. The average Bonchev–Trinajstić information content (AvgIpc) is 3.42. The third-order valence-electron chi connectivity index (χ3n) is 7.23. The van der Waals surface area contributed by atoms with E-state index in [1.54, 1.807) is 6.08 Å². The molecule has 0 saturated heterocycles. The Balaban J connectivity index is 1.38. The molecule has 0 aliphatic heterocycles. The quantitative estimate of drug-likeness (QED) is 0.115. The highest BCUT2D eigenvalue weighted by Crippen LogP contribution is 2.27. The maximum absolute atomic E-state index is 14.7. The van der Waals surface area contributed by atoms with E-state index in [9.17, 15) is 8.78 Å². The number of aryl methyl sites for hydroxylation is 1. The highest BCUT2D eigenvalue weighted by molar-refractivity contribution is 5.64. The van der Waals surface area contributed by atoms with Crippen molar-refractivity contribution in [3.05, 3.63) is 120 Å². The van der Waals surface area contributed by atoms with Crippen LogP contribution < -0.4 is 0 Å². The third kappa shape index (κ3) is 9.76. The molecule has 1 aliphatic carbocycles. The van der Waals surface area contributed by atoms with Crippen LogP contribution in [0.2, 0.25) is 0 Å². The molecule has 2 aromatic rings. The first-order valence-corrected chi connectivity index (χ1v) is 13.9. The van der Waals surface area contributed by atoms with Gasteiger partial charge in [0.05, 0.1) is 0 Å². The summed E-state index contributed by atoms with van der Waals surface area (Å²) < 4.78 is 29.4. The van der Waals surface area contributed by atoms with Crippen molar-refractivity contribution in [1.29, 1.82) is 0 Å². The lowest BCUT2D eigenvalue weighted by molar-refractivity contribution is 0.547. The van der Waals surface area contributed by atoms with Crippen molar-refractivity contribution < 1.29 is 8.78 Å². The molecule has 0 radical (unpaired) electrons. The Morgan fingerprint density at radius 1 is 0.757 bits per heavy atom. The molecule has 0 aromatic heterocycles. The summed E-state index contributed by atoms with van der Waals surface area (Å²) in [6, 6.07) is 11.0.